The van der Waals surface area contributed by atoms with Gasteiger partial charge >= 0.3 is 7.12 Å². The van der Waals surface area contributed by atoms with Crippen molar-refractivity contribution in [2.24, 2.45) is 5.73 Å². The lowest BCUT2D eigenvalue weighted by atomic mass is 9.78. The molecule has 1 aromatic rings. The zero-order valence-corrected chi connectivity index (χ0v) is 14.6. The number of nitrogens with zero attached hydrogens (tertiary/aromatic N) is 1. The summed E-state index contributed by atoms with van der Waals surface area (Å²) in [6.45, 7) is 8.84. The molecule has 0 aliphatic carbocycles. The van der Waals surface area contributed by atoms with E-state index in [4.69, 9.17) is 15.0 Å². The van der Waals surface area contributed by atoms with Crippen LogP contribution in [0.2, 0.25) is 0 Å². The first kappa shape index (κ1) is 17.4. The van der Waals surface area contributed by atoms with E-state index in [-0.39, 0.29) is 11.9 Å². The molecule has 24 heavy (non-hydrogen) atoms. The van der Waals surface area contributed by atoms with Gasteiger partial charge in [0.25, 0.3) is 5.91 Å². The molecule has 2 aliphatic heterocycles. The van der Waals surface area contributed by atoms with Gasteiger partial charge in [-0.3, -0.25) is 4.79 Å². The van der Waals surface area contributed by atoms with Gasteiger partial charge in [-0.25, -0.2) is 4.39 Å². The second-order valence-corrected chi connectivity index (χ2v) is 7.66. The van der Waals surface area contributed by atoms with Crippen LogP contribution in [0.5, 0.6) is 0 Å². The minimum absolute atomic E-state index is 0.00919. The van der Waals surface area contributed by atoms with E-state index in [1.807, 2.05) is 27.7 Å². The quantitative estimate of drug-likeness (QED) is 0.828. The minimum atomic E-state index is -0.696. The van der Waals surface area contributed by atoms with E-state index in [2.05, 4.69) is 0 Å². The van der Waals surface area contributed by atoms with Crippen molar-refractivity contribution < 1.29 is 18.5 Å². The van der Waals surface area contributed by atoms with Gasteiger partial charge in [0.05, 0.1) is 11.2 Å². The summed E-state index contributed by atoms with van der Waals surface area (Å²) < 4.78 is 26.0. The van der Waals surface area contributed by atoms with Crippen LogP contribution in [0.25, 0.3) is 0 Å². The fourth-order valence-electron chi connectivity index (χ4n) is 3.01. The van der Waals surface area contributed by atoms with Gasteiger partial charge < -0.3 is 19.9 Å². The number of hydrogen-bond donors (Lipinski definition) is 1. The molecule has 0 saturated carbocycles. The van der Waals surface area contributed by atoms with Crippen molar-refractivity contribution >= 4 is 18.5 Å². The topological polar surface area (TPSA) is 64.8 Å². The SMILES string of the molecule is CC1(C)OB(c2cc(F)cc(C(=O)N3CCC(N)C3)c2)OC1(C)C. The molecule has 3 rings (SSSR count). The molecule has 1 amide bonds. The number of amides is 1. The molecule has 2 N–H and O–H groups in total. The van der Waals surface area contributed by atoms with Crippen LogP contribution in [0.4, 0.5) is 4.39 Å². The summed E-state index contributed by atoms with van der Waals surface area (Å²) in [4.78, 5) is 14.2. The Hall–Kier alpha value is -1.44. The number of carbonyl (C=O) groups excluding carboxylic acids is 1. The first-order chi connectivity index (χ1) is 11.1. The molecule has 0 spiro atoms. The average molecular weight is 334 g/mol. The molecular formula is C17H24BFN2O3. The van der Waals surface area contributed by atoms with E-state index in [9.17, 15) is 9.18 Å². The summed E-state index contributed by atoms with van der Waals surface area (Å²) in [5.41, 5.74) is 5.63. The lowest BCUT2D eigenvalue weighted by Crippen LogP contribution is -2.41. The third-order valence-electron chi connectivity index (χ3n) is 5.20. The van der Waals surface area contributed by atoms with Crippen molar-refractivity contribution in [3.63, 3.8) is 0 Å². The Morgan fingerprint density at radius 3 is 2.42 bits per heavy atom. The molecule has 2 fully saturated rings. The maximum Gasteiger partial charge on any atom is 0.494 e. The Morgan fingerprint density at radius 2 is 1.88 bits per heavy atom. The van der Waals surface area contributed by atoms with Gasteiger partial charge in [-0.1, -0.05) is 0 Å². The van der Waals surface area contributed by atoms with E-state index in [0.717, 1.165) is 6.42 Å². The van der Waals surface area contributed by atoms with Crippen LogP contribution in [-0.4, -0.2) is 48.3 Å². The molecule has 1 aromatic carbocycles. The molecule has 0 bridgehead atoms. The van der Waals surface area contributed by atoms with Crippen molar-refractivity contribution in [1.82, 2.24) is 4.90 Å². The minimum Gasteiger partial charge on any atom is -0.399 e. The largest absolute Gasteiger partial charge is 0.494 e. The van der Waals surface area contributed by atoms with Crippen LogP contribution < -0.4 is 11.2 Å². The monoisotopic (exact) mass is 334 g/mol. The molecule has 130 valence electrons. The third kappa shape index (κ3) is 3.08. The maximum atomic E-state index is 14.1. The molecule has 1 atom stereocenters. The van der Waals surface area contributed by atoms with Gasteiger partial charge in [-0.05, 0) is 57.8 Å². The van der Waals surface area contributed by atoms with Crippen LogP contribution in [-0.2, 0) is 9.31 Å². The molecule has 2 aliphatic rings. The van der Waals surface area contributed by atoms with E-state index in [1.54, 1.807) is 11.0 Å². The number of halogens is 1. The predicted octanol–water partition coefficient (Wildman–Crippen LogP) is 1.30. The number of nitrogens with two attached hydrogens (primary N) is 1. The first-order valence-electron chi connectivity index (χ1n) is 8.30. The summed E-state index contributed by atoms with van der Waals surface area (Å²) in [6.07, 6.45) is 0.769. The highest BCUT2D eigenvalue weighted by Crippen LogP contribution is 2.36. The number of benzene rings is 1. The molecule has 5 nitrogen and oxygen atoms in total. The molecule has 1 unspecified atom stereocenters. The van der Waals surface area contributed by atoms with Gasteiger partial charge in [0, 0.05) is 24.7 Å². The number of rotatable bonds is 2. The molecule has 0 radical (unpaired) electrons. The van der Waals surface area contributed by atoms with Crippen LogP contribution >= 0.6 is 0 Å². The Balaban J connectivity index is 1.86. The van der Waals surface area contributed by atoms with Crippen molar-refractivity contribution in [2.75, 3.05) is 13.1 Å². The fraction of sp³-hybridized carbons (Fsp3) is 0.588. The van der Waals surface area contributed by atoms with E-state index in [0.29, 0.717) is 24.1 Å². The number of likely N-dealkylation sites (tertiary alicyclic amines) is 1. The van der Waals surface area contributed by atoms with Crippen molar-refractivity contribution in [1.29, 1.82) is 0 Å². The predicted molar refractivity (Wildman–Crippen MR) is 90.6 cm³/mol. The smallest absolute Gasteiger partial charge is 0.399 e. The Labute approximate surface area is 142 Å². The maximum absolute atomic E-state index is 14.1. The zero-order valence-electron chi connectivity index (χ0n) is 14.6. The van der Waals surface area contributed by atoms with Gasteiger partial charge in [-0.2, -0.15) is 0 Å². The van der Waals surface area contributed by atoms with Gasteiger partial charge in [-0.15, -0.1) is 0 Å². The second kappa shape index (κ2) is 5.83. The summed E-state index contributed by atoms with van der Waals surface area (Å²) in [7, 11) is -0.696. The van der Waals surface area contributed by atoms with Crippen LogP contribution in [0.3, 0.4) is 0 Å². The highest BCUT2D eigenvalue weighted by molar-refractivity contribution is 6.62. The lowest BCUT2D eigenvalue weighted by Gasteiger charge is -2.32. The normalized spacial score (nSPS) is 25.3. The Morgan fingerprint density at radius 1 is 1.25 bits per heavy atom. The molecule has 2 saturated heterocycles. The first-order valence-corrected chi connectivity index (χ1v) is 8.30. The highest BCUT2D eigenvalue weighted by Gasteiger charge is 2.51. The second-order valence-electron chi connectivity index (χ2n) is 7.66. The van der Waals surface area contributed by atoms with E-state index >= 15 is 0 Å². The molecular weight excluding hydrogens is 310 g/mol. The summed E-state index contributed by atoms with van der Waals surface area (Å²) in [5.74, 6) is -0.686. The van der Waals surface area contributed by atoms with Crippen LogP contribution in [0, 0.1) is 5.82 Å². The van der Waals surface area contributed by atoms with E-state index < -0.39 is 24.1 Å². The van der Waals surface area contributed by atoms with Crippen LogP contribution in [0.15, 0.2) is 18.2 Å². The standard InChI is InChI=1S/C17H24BFN2O3/c1-16(2)17(3,4)24-18(23-16)12-7-11(8-13(19)9-12)15(22)21-6-5-14(20)10-21/h7-9,14H,5-6,10,20H2,1-4H3. The molecule has 0 aromatic heterocycles. The summed E-state index contributed by atoms with van der Waals surface area (Å²) in [5, 5.41) is 0. The van der Waals surface area contributed by atoms with Crippen molar-refractivity contribution in [3.8, 4) is 0 Å². The van der Waals surface area contributed by atoms with Crippen molar-refractivity contribution in [2.45, 2.75) is 51.4 Å². The van der Waals surface area contributed by atoms with E-state index in [1.165, 1.54) is 12.1 Å². The molecule has 2 heterocycles. The zero-order chi connectivity index (χ0) is 17.7. The van der Waals surface area contributed by atoms with Gasteiger partial charge in [0.2, 0.25) is 0 Å². The Kier molecular flexibility index (Phi) is 4.22. The summed E-state index contributed by atoms with van der Waals surface area (Å²) >= 11 is 0. The van der Waals surface area contributed by atoms with Gasteiger partial charge in [0.15, 0.2) is 0 Å². The fourth-order valence-corrected chi connectivity index (χ4v) is 3.01. The average Bonchev–Trinajstić information content (AvgIpc) is 2.99. The number of hydrogen-bond acceptors (Lipinski definition) is 4. The highest BCUT2D eigenvalue weighted by atomic mass is 19.1. The van der Waals surface area contributed by atoms with Gasteiger partial charge in [0.1, 0.15) is 5.82 Å². The summed E-state index contributed by atoms with van der Waals surface area (Å²) in [6, 6.07) is 4.25. The van der Waals surface area contributed by atoms with Crippen LogP contribution in [0.1, 0.15) is 44.5 Å². The van der Waals surface area contributed by atoms with Crippen molar-refractivity contribution in [3.05, 3.63) is 29.6 Å². The Bertz CT molecular complexity index is 649. The number of carbonyl (C=O) groups is 1. The lowest BCUT2D eigenvalue weighted by molar-refractivity contribution is 0.00578. The molecule has 7 heteroatoms. The third-order valence-corrected chi connectivity index (χ3v) is 5.20.